The van der Waals surface area contributed by atoms with Crippen molar-refractivity contribution < 1.29 is 13.2 Å². The first-order chi connectivity index (χ1) is 13.4. The topological polar surface area (TPSA) is 57.7 Å². The highest BCUT2D eigenvalue weighted by Gasteiger charge is 2.40. The number of carbonyl (C=O) groups is 1. The molecular formula is C22H26N2O3S. The zero-order valence-corrected chi connectivity index (χ0v) is 17.2. The fourth-order valence-electron chi connectivity index (χ4n) is 3.93. The lowest BCUT2D eigenvalue weighted by Gasteiger charge is -2.23. The molecule has 1 aliphatic heterocycles. The zero-order valence-electron chi connectivity index (χ0n) is 16.3. The molecule has 1 atom stereocenters. The van der Waals surface area contributed by atoms with Crippen molar-refractivity contribution in [2.75, 3.05) is 11.4 Å². The molecule has 0 N–H and O–H groups in total. The summed E-state index contributed by atoms with van der Waals surface area (Å²) in [5.41, 5.74) is 2.77. The first kappa shape index (κ1) is 19.2. The number of anilines is 1. The van der Waals surface area contributed by atoms with Crippen molar-refractivity contribution in [3.8, 4) is 0 Å². The third-order valence-corrected chi connectivity index (χ3v) is 7.54. The second-order valence-electron chi connectivity index (χ2n) is 7.74. The summed E-state index contributed by atoms with van der Waals surface area (Å²) in [5, 5.41) is 0. The minimum absolute atomic E-state index is 0.0765. The van der Waals surface area contributed by atoms with E-state index in [0.29, 0.717) is 24.4 Å². The van der Waals surface area contributed by atoms with Gasteiger partial charge >= 0.3 is 0 Å². The van der Waals surface area contributed by atoms with Crippen molar-refractivity contribution in [1.29, 1.82) is 0 Å². The highest BCUT2D eigenvalue weighted by atomic mass is 32.2. The van der Waals surface area contributed by atoms with Crippen LogP contribution in [0.25, 0.3) is 0 Å². The third-order valence-electron chi connectivity index (χ3n) is 5.62. The van der Waals surface area contributed by atoms with Crippen LogP contribution >= 0.6 is 0 Å². The van der Waals surface area contributed by atoms with E-state index in [1.54, 1.807) is 12.1 Å². The van der Waals surface area contributed by atoms with Crippen LogP contribution in [0.2, 0.25) is 0 Å². The first-order valence-electron chi connectivity index (χ1n) is 9.92. The van der Waals surface area contributed by atoms with Gasteiger partial charge in [0.05, 0.1) is 4.90 Å². The van der Waals surface area contributed by atoms with Crippen molar-refractivity contribution in [2.24, 2.45) is 5.92 Å². The maximum absolute atomic E-state index is 13.2. The Balaban J connectivity index is 1.62. The van der Waals surface area contributed by atoms with Crippen LogP contribution in [0.15, 0.2) is 53.4 Å². The lowest BCUT2D eigenvalue weighted by molar-refractivity contribution is -0.120. The zero-order chi connectivity index (χ0) is 19.9. The molecule has 1 amide bonds. The summed E-state index contributed by atoms with van der Waals surface area (Å²) < 4.78 is 28.0. The molecule has 1 fully saturated rings. The maximum Gasteiger partial charge on any atom is 0.243 e. The fraction of sp³-hybridized carbons (Fsp3) is 0.409. The molecular weight excluding hydrogens is 372 g/mol. The molecule has 2 aromatic carbocycles. The van der Waals surface area contributed by atoms with Crippen LogP contribution in [0, 0.1) is 5.92 Å². The Labute approximate surface area is 167 Å². The van der Waals surface area contributed by atoms with Crippen LogP contribution in [0.1, 0.15) is 37.8 Å². The highest BCUT2D eigenvalue weighted by molar-refractivity contribution is 7.89. The normalized spacial score (nSPS) is 19.1. The quantitative estimate of drug-likeness (QED) is 0.747. The Bertz CT molecular complexity index is 984. The van der Waals surface area contributed by atoms with E-state index in [9.17, 15) is 13.2 Å². The van der Waals surface area contributed by atoms with Gasteiger partial charge in [-0.05, 0) is 55.5 Å². The summed E-state index contributed by atoms with van der Waals surface area (Å²) in [6.45, 7) is 4.63. The van der Waals surface area contributed by atoms with Gasteiger partial charge in [0.1, 0.15) is 0 Å². The van der Waals surface area contributed by atoms with Crippen LogP contribution in [0.5, 0.6) is 0 Å². The largest absolute Gasteiger partial charge is 0.309 e. The van der Waals surface area contributed by atoms with E-state index in [4.69, 9.17) is 0 Å². The van der Waals surface area contributed by atoms with Crippen molar-refractivity contribution in [1.82, 2.24) is 4.31 Å². The maximum atomic E-state index is 13.2. The number of carbonyl (C=O) groups excluding carboxylic acids is 1. The Kier molecular flexibility index (Phi) is 5.02. The van der Waals surface area contributed by atoms with Gasteiger partial charge in [0, 0.05) is 30.7 Å². The lowest BCUT2D eigenvalue weighted by atomic mass is 10.1. The minimum atomic E-state index is -3.60. The van der Waals surface area contributed by atoms with Crippen LogP contribution in [-0.4, -0.2) is 31.2 Å². The standard InChI is InChI=1S/C22H26N2O3S/c1-3-23(15-17-7-5-4-6-8-17)28(26,27)20-11-12-21-19(14-20)13-16(2)24(21)22(25)18-9-10-18/h4-8,11-12,14,16,18H,3,9-10,13,15H2,1-2H3/t16-/m1/s1. The van der Waals surface area contributed by atoms with Gasteiger partial charge in [-0.15, -0.1) is 0 Å². The van der Waals surface area contributed by atoms with Gasteiger partial charge in [0.2, 0.25) is 15.9 Å². The molecule has 1 saturated carbocycles. The summed E-state index contributed by atoms with van der Waals surface area (Å²) in [6, 6.07) is 14.9. The van der Waals surface area contributed by atoms with E-state index >= 15 is 0 Å². The van der Waals surface area contributed by atoms with E-state index in [-0.39, 0.29) is 17.9 Å². The van der Waals surface area contributed by atoms with Gasteiger partial charge in [0.25, 0.3) is 0 Å². The van der Waals surface area contributed by atoms with Gasteiger partial charge in [-0.25, -0.2) is 8.42 Å². The van der Waals surface area contributed by atoms with Crippen LogP contribution in [0.4, 0.5) is 5.69 Å². The van der Waals surface area contributed by atoms with Crippen LogP contribution < -0.4 is 4.90 Å². The number of benzene rings is 2. The Morgan fingerprint density at radius 2 is 1.86 bits per heavy atom. The molecule has 0 saturated heterocycles. The molecule has 6 heteroatoms. The van der Waals surface area contributed by atoms with Crippen molar-refractivity contribution in [2.45, 2.75) is 50.6 Å². The summed E-state index contributed by atoms with van der Waals surface area (Å²) in [6.07, 6.45) is 2.63. The molecule has 5 nitrogen and oxygen atoms in total. The van der Waals surface area contributed by atoms with E-state index in [1.807, 2.05) is 55.1 Å². The molecule has 0 radical (unpaired) electrons. The molecule has 2 aliphatic rings. The average Bonchev–Trinajstić information content (AvgIpc) is 3.48. The first-order valence-corrected chi connectivity index (χ1v) is 11.4. The van der Waals surface area contributed by atoms with Gasteiger partial charge in [-0.2, -0.15) is 4.31 Å². The van der Waals surface area contributed by atoms with E-state index in [0.717, 1.165) is 29.7 Å². The van der Waals surface area contributed by atoms with Gasteiger partial charge in [-0.1, -0.05) is 37.3 Å². The molecule has 0 unspecified atom stereocenters. The monoisotopic (exact) mass is 398 g/mol. The molecule has 148 valence electrons. The van der Waals surface area contributed by atoms with Crippen LogP contribution in [0.3, 0.4) is 0 Å². The molecule has 1 aliphatic carbocycles. The molecule has 0 bridgehead atoms. The number of fused-ring (bicyclic) bond motifs is 1. The molecule has 0 aromatic heterocycles. The van der Waals surface area contributed by atoms with Crippen molar-refractivity contribution >= 4 is 21.6 Å². The molecule has 0 spiro atoms. The SMILES string of the molecule is CCN(Cc1ccccc1)S(=O)(=O)c1ccc2c(c1)C[C@@H](C)N2C(=O)C1CC1. The minimum Gasteiger partial charge on any atom is -0.309 e. The predicted molar refractivity (Wildman–Crippen MR) is 110 cm³/mol. The predicted octanol–water partition coefficient (Wildman–Crippen LogP) is 3.59. The smallest absolute Gasteiger partial charge is 0.243 e. The summed E-state index contributed by atoms with van der Waals surface area (Å²) in [4.78, 5) is 14.8. The van der Waals surface area contributed by atoms with Gasteiger partial charge < -0.3 is 4.90 Å². The summed E-state index contributed by atoms with van der Waals surface area (Å²) in [5.74, 6) is 0.333. The number of amides is 1. The van der Waals surface area contributed by atoms with Crippen molar-refractivity contribution in [3.63, 3.8) is 0 Å². The highest BCUT2D eigenvalue weighted by Crippen LogP contribution is 2.39. The summed E-state index contributed by atoms with van der Waals surface area (Å²) in [7, 11) is -3.60. The number of sulfonamides is 1. The number of hydrogen-bond acceptors (Lipinski definition) is 3. The van der Waals surface area contributed by atoms with Crippen LogP contribution in [-0.2, 0) is 27.8 Å². The molecule has 2 aromatic rings. The van der Waals surface area contributed by atoms with Crippen molar-refractivity contribution in [3.05, 3.63) is 59.7 Å². The number of nitrogens with zero attached hydrogens (tertiary/aromatic N) is 2. The van der Waals surface area contributed by atoms with E-state index in [2.05, 4.69) is 0 Å². The van der Waals surface area contributed by atoms with E-state index in [1.165, 1.54) is 4.31 Å². The Hall–Kier alpha value is -2.18. The second-order valence-corrected chi connectivity index (χ2v) is 9.68. The third kappa shape index (κ3) is 3.47. The fourth-order valence-corrected chi connectivity index (χ4v) is 5.42. The Morgan fingerprint density at radius 3 is 2.50 bits per heavy atom. The second kappa shape index (κ2) is 7.33. The van der Waals surface area contributed by atoms with Gasteiger partial charge in [-0.3, -0.25) is 4.79 Å². The molecule has 1 heterocycles. The molecule has 4 rings (SSSR count). The van der Waals surface area contributed by atoms with E-state index < -0.39 is 10.0 Å². The molecule has 28 heavy (non-hydrogen) atoms. The van der Waals surface area contributed by atoms with Gasteiger partial charge in [0.15, 0.2) is 0 Å². The Morgan fingerprint density at radius 1 is 1.14 bits per heavy atom. The lowest BCUT2D eigenvalue weighted by Crippen LogP contribution is -2.36. The number of rotatable bonds is 6. The summed E-state index contributed by atoms with van der Waals surface area (Å²) >= 11 is 0. The average molecular weight is 399 g/mol. The number of hydrogen-bond donors (Lipinski definition) is 0.